The van der Waals surface area contributed by atoms with Gasteiger partial charge in [-0.3, -0.25) is 4.90 Å². The van der Waals surface area contributed by atoms with E-state index in [9.17, 15) is 5.11 Å². The summed E-state index contributed by atoms with van der Waals surface area (Å²) in [6.07, 6.45) is 0. The first-order valence-corrected chi connectivity index (χ1v) is 8.96. The Morgan fingerprint density at radius 3 is 1.46 bits per heavy atom. The normalized spacial score (nSPS) is 13.7. The highest BCUT2D eigenvalue weighted by Gasteiger charge is 2.38. The van der Waals surface area contributed by atoms with Crippen LogP contribution in [-0.4, -0.2) is 28.6 Å². The van der Waals surface area contributed by atoms with E-state index < -0.39 is 5.60 Å². The van der Waals surface area contributed by atoms with Gasteiger partial charge >= 0.3 is 0 Å². The van der Waals surface area contributed by atoms with Crippen molar-refractivity contribution in [1.82, 2.24) is 4.90 Å². The second-order valence-corrected chi connectivity index (χ2v) is 7.28. The van der Waals surface area contributed by atoms with Gasteiger partial charge < -0.3 is 5.11 Å². The largest absolute Gasteiger partial charge is 0.380 e. The van der Waals surface area contributed by atoms with Gasteiger partial charge in [-0.1, -0.05) is 67.6 Å². The molecule has 0 aliphatic rings. The van der Waals surface area contributed by atoms with Gasteiger partial charge in [0.05, 0.1) is 0 Å². The number of aliphatic hydroxyl groups is 1. The fraction of sp³-hybridized carbons (Fsp3) is 0.455. The molecule has 0 saturated carbocycles. The van der Waals surface area contributed by atoms with E-state index in [1.165, 1.54) is 0 Å². The summed E-state index contributed by atoms with van der Waals surface area (Å²) in [5, 5.41) is 11.8. The first kappa shape index (κ1) is 18.7. The predicted molar refractivity (Wildman–Crippen MR) is 102 cm³/mol. The number of benzene rings is 2. The summed E-state index contributed by atoms with van der Waals surface area (Å²) in [6.45, 7) is 11.9. The van der Waals surface area contributed by atoms with E-state index in [1.54, 1.807) is 0 Å². The average Bonchev–Trinajstić information content (AvgIpc) is 2.59. The van der Waals surface area contributed by atoms with Crippen LogP contribution >= 0.6 is 0 Å². The van der Waals surface area contributed by atoms with Gasteiger partial charge in [-0.05, 0) is 38.8 Å². The molecule has 0 amide bonds. The van der Waals surface area contributed by atoms with Crippen molar-refractivity contribution in [2.24, 2.45) is 5.92 Å². The molecular weight excluding hydrogens is 294 g/mol. The van der Waals surface area contributed by atoms with E-state index in [0.717, 1.165) is 17.7 Å². The van der Waals surface area contributed by atoms with Gasteiger partial charge in [0, 0.05) is 24.5 Å². The highest BCUT2D eigenvalue weighted by molar-refractivity contribution is 5.36. The summed E-state index contributed by atoms with van der Waals surface area (Å²) in [6, 6.07) is 21.0. The number of hydrogen-bond acceptors (Lipinski definition) is 2. The van der Waals surface area contributed by atoms with Gasteiger partial charge in [-0.25, -0.2) is 0 Å². The lowest BCUT2D eigenvalue weighted by atomic mass is 9.76. The fourth-order valence-corrected chi connectivity index (χ4v) is 3.59. The summed E-state index contributed by atoms with van der Waals surface area (Å²) >= 11 is 0. The molecule has 0 heterocycles. The minimum atomic E-state index is -0.995. The van der Waals surface area contributed by atoms with Crippen LogP contribution in [0.15, 0.2) is 60.7 Å². The van der Waals surface area contributed by atoms with E-state index in [-0.39, 0.29) is 5.92 Å². The monoisotopic (exact) mass is 325 g/mol. The molecule has 0 saturated heterocycles. The Kier molecular flexibility index (Phi) is 6.20. The molecule has 2 aromatic carbocycles. The van der Waals surface area contributed by atoms with E-state index in [4.69, 9.17) is 0 Å². The number of hydrogen-bond donors (Lipinski definition) is 1. The predicted octanol–water partition coefficient (Wildman–Crippen LogP) is 4.68. The van der Waals surface area contributed by atoms with Gasteiger partial charge in [0.15, 0.2) is 0 Å². The molecule has 0 aliphatic carbocycles. The maximum atomic E-state index is 11.8. The standard InChI is InChI=1S/C22H31NO/c1-17(2)23(18(3)4)16-19(5)22(24,20-12-8-6-9-13-20)21-14-10-7-11-15-21/h6-15,17-19,24H,16H2,1-5H3. The molecule has 1 atom stereocenters. The van der Waals surface area contributed by atoms with Crippen LogP contribution in [0.3, 0.4) is 0 Å². The molecule has 2 rings (SSSR count). The third kappa shape index (κ3) is 3.88. The maximum Gasteiger partial charge on any atom is 0.118 e. The zero-order valence-corrected chi connectivity index (χ0v) is 15.6. The van der Waals surface area contributed by atoms with Crippen molar-refractivity contribution in [3.63, 3.8) is 0 Å². The molecule has 0 radical (unpaired) electrons. The van der Waals surface area contributed by atoms with E-state index in [2.05, 4.69) is 39.5 Å². The maximum absolute atomic E-state index is 11.8. The first-order chi connectivity index (χ1) is 11.4. The smallest absolute Gasteiger partial charge is 0.118 e. The highest BCUT2D eigenvalue weighted by atomic mass is 16.3. The van der Waals surface area contributed by atoms with Gasteiger partial charge in [0.25, 0.3) is 0 Å². The zero-order valence-electron chi connectivity index (χ0n) is 15.6. The summed E-state index contributed by atoms with van der Waals surface area (Å²) in [7, 11) is 0. The number of rotatable bonds is 7. The third-order valence-corrected chi connectivity index (χ3v) is 4.95. The lowest BCUT2D eigenvalue weighted by Gasteiger charge is -2.40. The van der Waals surface area contributed by atoms with Crippen LogP contribution in [0.1, 0.15) is 45.7 Å². The van der Waals surface area contributed by atoms with E-state index in [0.29, 0.717) is 12.1 Å². The summed E-state index contributed by atoms with van der Waals surface area (Å²) in [5.41, 5.74) is 0.914. The van der Waals surface area contributed by atoms with Crippen molar-refractivity contribution in [2.45, 2.75) is 52.3 Å². The van der Waals surface area contributed by atoms with Crippen LogP contribution < -0.4 is 0 Å². The molecule has 2 aromatic rings. The van der Waals surface area contributed by atoms with Gasteiger partial charge in [-0.15, -0.1) is 0 Å². The van der Waals surface area contributed by atoms with Crippen LogP contribution in [0.2, 0.25) is 0 Å². The topological polar surface area (TPSA) is 23.5 Å². The molecule has 1 unspecified atom stereocenters. The first-order valence-electron chi connectivity index (χ1n) is 8.96. The highest BCUT2D eigenvalue weighted by Crippen LogP contribution is 2.37. The second kappa shape index (κ2) is 7.96. The van der Waals surface area contributed by atoms with Crippen molar-refractivity contribution in [2.75, 3.05) is 6.54 Å². The van der Waals surface area contributed by atoms with Crippen LogP contribution in [0.25, 0.3) is 0 Å². The lowest BCUT2D eigenvalue weighted by Crippen LogP contribution is -2.46. The van der Waals surface area contributed by atoms with Crippen LogP contribution in [0.5, 0.6) is 0 Å². The summed E-state index contributed by atoms with van der Waals surface area (Å²) in [4.78, 5) is 2.45. The molecule has 0 spiro atoms. The number of nitrogens with zero attached hydrogens (tertiary/aromatic N) is 1. The fourth-order valence-electron chi connectivity index (χ4n) is 3.59. The SMILES string of the molecule is CC(C)N(CC(C)C(O)(c1ccccc1)c1ccccc1)C(C)C. The van der Waals surface area contributed by atoms with Gasteiger partial charge in [-0.2, -0.15) is 0 Å². The van der Waals surface area contributed by atoms with Crippen molar-refractivity contribution in [1.29, 1.82) is 0 Å². The van der Waals surface area contributed by atoms with Crippen LogP contribution in [-0.2, 0) is 5.60 Å². The molecule has 0 aromatic heterocycles. The molecule has 24 heavy (non-hydrogen) atoms. The van der Waals surface area contributed by atoms with Crippen molar-refractivity contribution < 1.29 is 5.11 Å². The Balaban J connectivity index is 2.43. The Hall–Kier alpha value is -1.64. The van der Waals surface area contributed by atoms with Crippen LogP contribution in [0, 0.1) is 5.92 Å². The Morgan fingerprint density at radius 2 is 1.12 bits per heavy atom. The Labute approximate surface area is 147 Å². The van der Waals surface area contributed by atoms with Gasteiger partial charge in [0.1, 0.15) is 5.60 Å². The molecule has 0 bridgehead atoms. The summed E-state index contributed by atoms with van der Waals surface area (Å²) < 4.78 is 0. The zero-order chi connectivity index (χ0) is 17.7. The Morgan fingerprint density at radius 1 is 0.750 bits per heavy atom. The minimum Gasteiger partial charge on any atom is -0.380 e. The minimum absolute atomic E-state index is 0.0621. The van der Waals surface area contributed by atoms with Crippen molar-refractivity contribution in [3.05, 3.63) is 71.8 Å². The van der Waals surface area contributed by atoms with Gasteiger partial charge in [0.2, 0.25) is 0 Å². The second-order valence-electron chi connectivity index (χ2n) is 7.28. The average molecular weight is 325 g/mol. The molecule has 2 nitrogen and oxygen atoms in total. The van der Waals surface area contributed by atoms with Crippen molar-refractivity contribution >= 4 is 0 Å². The van der Waals surface area contributed by atoms with Crippen molar-refractivity contribution in [3.8, 4) is 0 Å². The molecule has 0 fully saturated rings. The Bertz CT molecular complexity index is 559. The molecule has 0 aliphatic heterocycles. The molecule has 2 heteroatoms. The molecular formula is C22H31NO. The summed E-state index contributed by atoms with van der Waals surface area (Å²) in [5.74, 6) is 0.0621. The van der Waals surface area contributed by atoms with E-state index in [1.807, 2.05) is 60.7 Å². The quantitative estimate of drug-likeness (QED) is 0.799. The molecule has 130 valence electrons. The lowest BCUT2D eigenvalue weighted by molar-refractivity contribution is -0.00272. The van der Waals surface area contributed by atoms with Crippen LogP contribution in [0.4, 0.5) is 0 Å². The van der Waals surface area contributed by atoms with E-state index >= 15 is 0 Å². The molecule has 1 N–H and O–H groups in total. The third-order valence-electron chi connectivity index (χ3n) is 4.95.